The van der Waals surface area contributed by atoms with Gasteiger partial charge in [0.1, 0.15) is 23.6 Å². The molecule has 0 unspecified atom stereocenters. The number of rotatable bonds is 6. The molecule has 2 aromatic carbocycles. The average molecular weight is 419 g/mol. The largest absolute Gasteiger partial charge is 0.497 e. The first-order valence-electron chi connectivity index (χ1n) is 9.54. The minimum absolute atomic E-state index is 0.268. The molecule has 0 saturated heterocycles. The number of nitrogens with one attached hydrogen (secondary N) is 1. The maximum Gasteiger partial charge on any atom is 0.293 e. The maximum atomic E-state index is 13.2. The molecule has 9 nitrogen and oxygen atoms in total. The summed E-state index contributed by atoms with van der Waals surface area (Å²) in [6.45, 7) is 1.51. The van der Waals surface area contributed by atoms with Crippen LogP contribution in [-0.4, -0.2) is 39.7 Å². The summed E-state index contributed by atoms with van der Waals surface area (Å²) >= 11 is 0. The van der Waals surface area contributed by atoms with E-state index >= 15 is 0 Å². The molecule has 4 rings (SSSR count). The Morgan fingerprint density at radius 2 is 1.87 bits per heavy atom. The van der Waals surface area contributed by atoms with Gasteiger partial charge < -0.3 is 14.8 Å². The lowest BCUT2D eigenvalue weighted by Crippen LogP contribution is -2.31. The van der Waals surface area contributed by atoms with Gasteiger partial charge in [0.2, 0.25) is 5.91 Å². The van der Waals surface area contributed by atoms with Gasteiger partial charge in [0.25, 0.3) is 5.56 Å². The minimum Gasteiger partial charge on any atom is -0.497 e. The van der Waals surface area contributed by atoms with Crippen molar-refractivity contribution in [3.63, 3.8) is 0 Å². The summed E-state index contributed by atoms with van der Waals surface area (Å²) in [7, 11) is 3.04. The Labute approximate surface area is 177 Å². The Bertz CT molecular complexity index is 1310. The van der Waals surface area contributed by atoms with Crippen LogP contribution in [0.4, 0.5) is 5.69 Å². The lowest BCUT2D eigenvalue weighted by Gasteiger charge is -2.12. The molecule has 2 heterocycles. The zero-order valence-corrected chi connectivity index (χ0v) is 17.3. The molecule has 1 amide bonds. The Hall–Kier alpha value is -4.14. The van der Waals surface area contributed by atoms with Crippen LogP contribution in [-0.2, 0) is 11.3 Å². The van der Waals surface area contributed by atoms with Crippen molar-refractivity contribution in [1.29, 1.82) is 0 Å². The van der Waals surface area contributed by atoms with Crippen molar-refractivity contribution in [2.24, 2.45) is 0 Å². The number of ether oxygens (including phenoxy) is 2. The van der Waals surface area contributed by atoms with Crippen molar-refractivity contribution in [3.8, 4) is 17.2 Å². The molecular formula is C22H21N5O4. The first-order chi connectivity index (χ1) is 15.0. The Morgan fingerprint density at radius 3 is 2.58 bits per heavy atom. The lowest BCUT2D eigenvalue weighted by atomic mass is 10.2. The molecular weight excluding hydrogens is 398 g/mol. The van der Waals surface area contributed by atoms with Gasteiger partial charge in [-0.25, -0.2) is 9.36 Å². The second-order valence-corrected chi connectivity index (χ2v) is 6.82. The lowest BCUT2D eigenvalue weighted by molar-refractivity contribution is -0.117. The molecule has 0 aliphatic carbocycles. The normalized spacial score (nSPS) is 10.8. The highest BCUT2D eigenvalue weighted by atomic mass is 16.5. The van der Waals surface area contributed by atoms with Crippen molar-refractivity contribution in [1.82, 2.24) is 19.6 Å². The number of para-hydroxylation sites is 1. The molecule has 0 fully saturated rings. The van der Waals surface area contributed by atoms with Crippen LogP contribution in [0.5, 0.6) is 11.5 Å². The van der Waals surface area contributed by atoms with Gasteiger partial charge in [0.15, 0.2) is 0 Å². The fourth-order valence-corrected chi connectivity index (χ4v) is 3.33. The summed E-state index contributed by atoms with van der Waals surface area (Å²) in [6.07, 6.45) is 1.61. The number of nitrogens with zero attached hydrogens (tertiary/aromatic N) is 4. The summed E-state index contributed by atoms with van der Waals surface area (Å²) in [4.78, 5) is 25.9. The number of benzene rings is 2. The Balaban J connectivity index is 1.69. The van der Waals surface area contributed by atoms with Gasteiger partial charge in [-0.3, -0.25) is 9.59 Å². The maximum absolute atomic E-state index is 13.2. The molecule has 158 valence electrons. The number of hydrogen-bond acceptors (Lipinski definition) is 6. The Kier molecular flexibility index (Phi) is 5.40. The zero-order valence-electron chi connectivity index (χ0n) is 17.3. The van der Waals surface area contributed by atoms with Crippen molar-refractivity contribution >= 4 is 22.5 Å². The fourth-order valence-electron chi connectivity index (χ4n) is 3.33. The minimum atomic E-state index is -0.425. The van der Waals surface area contributed by atoms with E-state index in [4.69, 9.17) is 9.47 Å². The molecule has 0 aliphatic rings. The van der Waals surface area contributed by atoms with Crippen molar-refractivity contribution in [2.75, 3.05) is 19.5 Å². The number of hydrogen-bond donors (Lipinski definition) is 1. The Morgan fingerprint density at radius 1 is 1.10 bits per heavy atom. The molecule has 0 radical (unpaired) electrons. The predicted molar refractivity (Wildman–Crippen MR) is 116 cm³/mol. The molecule has 9 heteroatoms. The highest BCUT2D eigenvalue weighted by Crippen LogP contribution is 2.28. The van der Waals surface area contributed by atoms with Crippen LogP contribution in [0.2, 0.25) is 0 Å². The van der Waals surface area contributed by atoms with Crippen molar-refractivity contribution in [2.45, 2.75) is 13.5 Å². The topological polar surface area (TPSA) is 100 Å². The third-order valence-electron chi connectivity index (χ3n) is 4.84. The van der Waals surface area contributed by atoms with Gasteiger partial charge in [0, 0.05) is 11.5 Å². The second-order valence-electron chi connectivity index (χ2n) is 6.82. The summed E-state index contributed by atoms with van der Waals surface area (Å²) in [5.41, 5.74) is 1.74. The first kappa shape index (κ1) is 20.1. The smallest absolute Gasteiger partial charge is 0.293 e. The van der Waals surface area contributed by atoms with Crippen molar-refractivity contribution < 1.29 is 14.3 Å². The number of anilines is 1. The summed E-state index contributed by atoms with van der Waals surface area (Å²) < 4.78 is 13.2. The molecule has 31 heavy (non-hydrogen) atoms. The number of carbonyl (C=O) groups excluding carboxylic acids is 1. The number of amides is 1. The van der Waals surface area contributed by atoms with E-state index < -0.39 is 11.5 Å². The van der Waals surface area contributed by atoms with E-state index in [1.54, 1.807) is 36.0 Å². The van der Waals surface area contributed by atoms with Crippen LogP contribution in [0.25, 0.3) is 16.6 Å². The second kappa shape index (κ2) is 8.31. The van der Waals surface area contributed by atoms with E-state index in [0.29, 0.717) is 33.8 Å². The third-order valence-corrected chi connectivity index (χ3v) is 4.84. The molecule has 0 atom stereocenters. The van der Waals surface area contributed by atoms with E-state index in [-0.39, 0.29) is 6.54 Å². The van der Waals surface area contributed by atoms with Gasteiger partial charge >= 0.3 is 0 Å². The van der Waals surface area contributed by atoms with Gasteiger partial charge in [-0.05, 0) is 31.2 Å². The number of carbonyl (C=O) groups is 1. The molecule has 0 bridgehead atoms. The van der Waals surface area contributed by atoms with Crippen molar-refractivity contribution in [3.05, 3.63) is 70.8 Å². The summed E-state index contributed by atoms with van der Waals surface area (Å²) in [6, 6.07) is 14.4. The highest BCUT2D eigenvalue weighted by Gasteiger charge is 2.17. The average Bonchev–Trinajstić information content (AvgIpc) is 3.24. The van der Waals surface area contributed by atoms with E-state index in [1.807, 2.05) is 30.3 Å². The summed E-state index contributed by atoms with van der Waals surface area (Å²) in [5.74, 6) is 0.615. The number of methoxy groups -OCH3 is 2. The van der Waals surface area contributed by atoms with E-state index in [2.05, 4.69) is 15.5 Å². The predicted octanol–water partition coefficient (Wildman–Crippen LogP) is 2.55. The fraction of sp³-hybridized carbons (Fsp3) is 0.182. The number of aryl methyl sites for hydroxylation is 1. The van der Waals surface area contributed by atoms with E-state index in [9.17, 15) is 9.59 Å². The molecule has 1 N–H and O–H groups in total. The highest BCUT2D eigenvalue weighted by molar-refractivity contribution is 5.92. The standard InChI is InChI=1S/C22H21N5O4/c1-14-17-12-23-27(15-7-5-4-6-8-15)21(17)22(29)26(25-14)13-20(28)24-18-11-16(30-2)9-10-19(18)31-3/h4-12H,13H2,1-3H3,(H,24,28). The number of fused-ring (bicyclic) bond motifs is 1. The van der Waals surface area contributed by atoms with Crippen LogP contribution in [0.1, 0.15) is 5.69 Å². The number of aromatic nitrogens is 4. The van der Waals surface area contributed by atoms with Crippen LogP contribution in [0.3, 0.4) is 0 Å². The first-order valence-corrected chi connectivity index (χ1v) is 9.54. The van der Waals surface area contributed by atoms with Crippen LogP contribution < -0.4 is 20.3 Å². The van der Waals surface area contributed by atoms with Gasteiger partial charge in [0.05, 0.1) is 37.5 Å². The monoisotopic (exact) mass is 419 g/mol. The SMILES string of the molecule is COc1ccc(OC)c(NC(=O)Cn2nc(C)c3cnn(-c4ccccc4)c3c2=O)c1. The summed E-state index contributed by atoms with van der Waals surface area (Å²) in [5, 5.41) is 12.0. The van der Waals surface area contributed by atoms with Crippen LogP contribution >= 0.6 is 0 Å². The molecule has 0 aliphatic heterocycles. The van der Waals surface area contributed by atoms with Gasteiger partial charge in [-0.15, -0.1) is 0 Å². The quantitative estimate of drug-likeness (QED) is 0.516. The van der Waals surface area contributed by atoms with E-state index in [0.717, 1.165) is 10.4 Å². The molecule has 0 spiro atoms. The van der Waals surface area contributed by atoms with Crippen LogP contribution in [0.15, 0.2) is 59.5 Å². The zero-order chi connectivity index (χ0) is 22.0. The molecule has 2 aromatic heterocycles. The van der Waals surface area contributed by atoms with E-state index in [1.165, 1.54) is 14.2 Å². The van der Waals surface area contributed by atoms with Gasteiger partial charge in [-0.1, -0.05) is 18.2 Å². The van der Waals surface area contributed by atoms with Crippen LogP contribution in [0, 0.1) is 6.92 Å². The molecule has 4 aromatic rings. The third kappa shape index (κ3) is 3.85. The van der Waals surface area contributed by atoms with Gasteiger partial charge in [-0.2, -0.15) is 10.2 Å². The molecule has 0 saturated carbocycles.